The van der Waals surface area contributed by atoms with E-state index in [1.807, 2.05) is 58.0 Å². The fourth-order valence-corrected chi connectivity index (χ4v) is 4.81. The Hall–Kier alpha value is -2.15. The molecular formula is C19H25N3O3S. The molecule has 1 aliphatic heterocycles. The first-order valence-corrected chi connectivity index (χ1v) is 10.6. The first-order chi connectivity index (χ1) is 12.1. The van der Waals surface area contributed by atoms with Gasteiger partial charge in [0.05, 0.1) is 28.7 Å². The Balaban J connectivity index is 1.98. The van der Waals surface area contributed by atoms with Crippen molar-refractivity contribution < 1.29 is 13.2 Å². The molecule has 1 N–H and O–H groups in total. The van der Waals surface area contributed by atoms with Crippen LogP contribution in [0.1, 0.15) is 56.9 Å². The molecule has 1 amide bonds. The molecule has 0 aliphatic carbocycles. The number of carbonyl (C=O) groups excluding carboxylic acids is 1. The van der Waals surface area contributed by atoms with Crippen molar-refractivity contribution in [1.29, 1.82) is 0 Å². The molecule has 3 rings (SSSR count). The van der Waals surface area contributed by atoms with E-state index in [-0.39, 0.29) is 28.9 Å². The van der Waals surface area contributed by atoms with Crippen LogP contribution in [0.3, 0.4) is 0 Å². The number of carbonyl (C=O) groups is 1. The normalized spacial score (nSPS) is 16.9. The van der Waals surface area contributed by atoms with Gasteiger partial charge in [0, 0.05) is 5.56 Å². The van der Waals surface area contributed by atoms with Gasteiger partial charge in [0.2, 0.25) is 5.91 Å². The summed E-state index contributed by atoms with van der Waals surface area (Å²) < 4.78 is 25.7. The van der Waals surface area contributed by atoms with Gasteiger partial charge in [0.1, 0.15) is 5.82 Å². The van der Waals surface area contributed by atoms with Crippen LogP contribution in [0.4, 0.5) is 5.82 Å². The Labute approximate surface area is 154 Å². The second-order valence-corrected chi connectivity index (χ2v) is 9.81. The average molecular weight is 375 g/mol. The van der Waals surface area contributed by atoms with Gasteiger partial charge in [0.15, 0.2) is 9.84 Å². The maximum absolute atomic E-state index is 13.0. The molecule has 7 heteroatoms. The highest BCUT2D eigenvalue weighted by atomic mass is 32.2. The molecule has 1 aliphatic rings. The Morgan fingerprint density at radius 1 is 1.23 bits per heavy atom. The lowest BCUT2D eigenvalue weighted by Crippen LogP contribution is -2.29. The SMILES string of the molecule is CCC(C(=O)Nc1c2c(nn1C(C)(C)C)CS(=O)(=O)C2)c1ccccc1. The summed E-state index contributed by atoms with van der Waals surface area (Å²) in [5, 5.41) is 7.47. The third-order valence-electron chi connectivity index (χ3n) is 4.59. The molecule has 0 fully saturated rings. The molecule has 26 heavy (non-hydrogen) atoms. The summed E-state index contributed by atoms with van der Waals surface area (Å²) in [6.07, 6.45) is 0.653. The quantitative estimate of drug-likeness (QED) is 0.890. The zero-order chi connectivity index (χ0) is 19.1. The Kier molecular flexibility index (Phi) is 4.69. The number of amides is 1. The largest absolute Gasteiger partial charge is 0.310 e. The van der Waals surface area contributed by atoms with Crippen LogP contribution in [0.15, 0.2) is 30.3 Å². The van der Waals surface area contributed by atoms with Gasteiger partial charge in [-0.25, -0.2) is 13.1 Å². The van der Waals surface area contributed by atoms with Crippen molar-refractivity contribution in [2.75, 3.05) is 5.32 Å². The van der Waals surface area contributed by atoms with Crippen LogP contribution in [-0.2, 0) is 31.7 Å². The van der Waals surface area contributed by atoms with E-state index in [0.29, 0.717) is 23.5 Å². The highest BCUT2D eigenvalue weighted by molar-refractivity contribution is 7.90. The maximum Gasteiger partial charge on any atom is 0.233 e. The van der Waals surface area contributed by atoms with Gasteiger partial charge in [-0.1, -0.05) is 37.3 Å². The van der Waals surface area contributed by atoms with Crippen molar-refractivity contribution in [3.63, 3.8) is 0 Å². The predicted molar refractivity (Wildman–Crippen MR) is 102 cm³/mol. The third kappa shape index (κ3) is 3.53. The second kappa shape index (κ2) is 6.54. The molecule has 1 atom stereocenters. The minimum atomic E-state index is -3.19. The summed E-state index contributed by atoms with van der Waals surface area (Å²) in [6.45, 7) is 7.91. The van der Waals surface area contributed by atoms with Gasteiger partial charge in [0.25, 0.3) is 0 Å². The first-order valence-electron chi connectivity index (χ1n) is 8.80. The highest BCUT2D eigenvalue weighted by Crippen LogP contribution is 2.35. The summed E-state index contributed by atoms with van der Waals surface area (Å²) >= 11 is 0. The van der Waals surface area contributed by atoms with Crippen LogP contribution in [0.25, 0.3) is 0 Å². The van der Waals surface area contributed by atoms with E-state index in [1.165, 1.54) is 0 Å². The van der Waals surface area contributed by atoms with E-state index in [2.05, 4.69) is 10.4 Å². The molecular weight excluding hydrogens is 350 g/mol. The number of aromatic nitrogens is 2. The first kappa shape index (κ1) is 18.6. The third-order valence-corrected chi connectivity index (χ3v) is 6.03. The fourth-order valence-electron chi connectivity index (χ4n) is 3.32. The number of benzene rings is 1. The van der Waals surface area contributed by atoms with E-state index in [1.54, 1.807) is 4.68 Å². The van der Waals surface area contributed by atoms with Crippen LogP contribution in [0, 0.1) is 0 Å². The predicted octanol–water partition coefficient (Wildman–Crippen LogP) is 3.20. The lowest BCUT2D eigenvalue weighted by Gasteiger charge is -2.24. The number of anilines is 1. The topological polar surface area (TPSA) is 81.1 Å². The Morgan fingerprint density at radius 2 is 1.88 bits per heavy atom. The van der Waals surface area contributed by atoms with E-state index in [9.17, 15) is 13.2 Å². The fraction of sp³-hybridized carbons (Fsp3) is 0.474. The van der Waals surface area contributed by atoms with E-state index in [4.69, 9.17) is 0 Å². The van der Waals surface area contributed by atoms with E-state index < -0.39 is 9.84 Å². The second-order valence-electron chi connectivity index (χ2n) is 7.75. The maximum atomic E-state index is 13.0. The van der Waals surface area contributed by atoms with E-state index in [0.717, 1.165) is 5.56 Å². The van der Waals surface area contributed by atoms with Crippen molar-refractivity contribution in [3.8, 4) is 0 Å². The molecule has 0 radical (unpaired) electrons. The molecule has 140 valence electrons. The minimum Gasteiger partial charge on any atom is -0.310 e. The van der Waals surface area contributed by atoms with Gasteiger partial charge in [-0.2, -0.15) is 5.10 Å². The highest BCUT2D eigenvalue weighted by Gasteiger charge is 2.35. The van der Waals surface area contributed by atoms with Crippen LogP contribution >= 0.6 is 0 Å². The summed E-state index contributed by atoms with van der Waals surface area (Å²) in [7, 11) is -3.19. The van der Waals surface area contributed by atoms with E-state index >= 15 is 0 Å². The Bertz CT molecular complexity index is 925. The smallest absolute Gasteiger partial charge is 0.233 e. The molecule has 1 aromatic heterocycles. The molecule has 0 spiro atoms. The monoisotopic (exact) mass is 375 g/mol. The number of hydrogen-bond donors (Lipinski definition) is 1. The van der Waals surface area contributed by atoms with Gasteiger partial charge >= 0.3 is 0 Å². The minimum absolute atomic E-state index is 0.0653. The number of fused-ring (bicyclic) bond motifs is 1. The van der Waals surface area contributed by atoms with Crippen molar-refractivity contribution in [2.24, 2.45) is 0 Å². The average Bonchev–Trinajstić information content (AvgIpc) is 3.02. The number of sulfone groups is 1. The number of nitrogens with one attached hydrogen (secondary N) is 1. The van der Waals surface area contributed by atoms with Crippen molar-refractivity contribution in [2.45, 2.75) is 57.1 Å². The molecule has 1 aromatic carbocycles. The molecule has 2 aromatic rings. The molecule has 6 nitrogen and oxygen atoms in total. The number of nitrogens with zero attached hydrogens (tertiary/aromatic N) is 2. The van der Waals surface area contributed by atoms with Gasteiger partial charge in [-0.3, -0.25) is 4.79 Å². The molecule has 2 heterocycles. The zero-order valence-electron chi connectivity index (χ0n) is 15.6. The summed E-state index contributed by atoms with van der Waals surface area (Å²) in [6, 6.07) is 9.61. The van der Waals surface area contributed by atoms with Gasteiger partial charge < -0.3 is 5.32 Å². The molecule has 0 bridgehead atoms. The van der Waals surface area contributed by atoms with Gasteiger partial charge in [-0.05, 0) is 32.8 Å². The van der Waals surface area contributed by atoms with Crippen molar-refractivity contribution in [1.82, 2.24) is 9.78 Å². The van der Waals surface area contributed by atoms with Crippen LogP contribution in [0.2, 0.25) is 0 Å². The summed E-state index contributed by atoms with van der Waals surface area (Å²) in [5.74, 6) is -0.0716. The lowest BCUT2D eigenvalue weighted by molar-refractivity contribution is -0.117. The Morgan fingerprint density at radius 3 is 2.46 bits per heavy atom. The molecule has 1 unspecified atom stereocenters. The van der Waals surface area contributed by atoms with Crippen LogP contribution < -0.4 is 5.32 Å². The van der Waals surface area contributed by atoms with Crippen LogP contribution in [-0.4, -0.2) is 24.1 Å². The summed E-state index contributed by atoms with van der Waals surface area (Å²) in [4.78, 5) is 13.0. The van der Waals surface area contributed by atoms with Crippen LogP contribution in [0.5, 0.6) is 0 Å². The molecule has 0 saturated heterocycles. The number of hydrogen-bond acceptors (Lipinski definition) is 4. The summed E-state index contributed by atoms with van der Waals surface area (Å²) in [5.41, 5.74) is 1.74. The number of rotatable bonds is 4. The molecule has 0 saturated carbocycles. The standard InChI is InChI=1S/C19H25N3O3S/c1-5-14(13-9-7-6-8-10-13)18(23)20-17-15-11-26(24,25)12-16(15)21-22(17)19(2,3)4/h6-10,14H,5,11-12H2,1-4H3,(H,20,23). The zero-order valence-corrected chi connectivity index (χ0v) is 16.4. The van der Waals surface area contributed by atoms with Gasteiger partial charge in [-0.15, -0.1) is 0 Å². The van der Waals surface area contributed by atoms with Crippen molar-refractivity contribution >= 4 is 21.6 Å². The lowest BCUT2D eigenvalue weighted by atomic mass is 9.95. The van der Waals surface area contributed by atoms with Crippen molar-refractivity contribution in [3.05, 3.63) is 47.2 Å².